The number of carbonyl (C=O) groups excluding carboxylic acids is 1. The molecular formula is C19H28FN3O2. The fourth-order valence-corrected chi connectivity index (χ4v) is 3.92. The van der Waals surface area contributed by atoms with Crippen LogP contribution in [0, 0.1) is 11.7 Å². The molecule has 5 nitrogen and oxygen atoms in total. The van der Waals surface area contributed by atoms with Crippen LogP contribution in [-0.4, -0.2) is 43.1 Å². The first kappa shape index (κ1) is 18.1. The van der Waals surface area contributed by atoms with E-state index < -0.39 is 0 Å². The number of hydrogen-bond donors (Lipinski definition) is 2. The SMILES string of the molecule is COc1ccc(CN2CCC(NC(=O)C3CCCC3N)CC2)cc1F. The van der Waals surface area contributed by atoms with Crippen LogP contribution in [0.1, 0.15) is 37.7 Å². The van der Waals surface area contributed by atoms with Gasteiger partial charge in [-0.3, -0.25) is 9.69 Å². The van der Waals surface area contributed by atoms with Crippen LogP contribution < -0.4 is 15.8 Å². The Labute approximate surface area is 148 Å². The van der Waals surface area contributed by atoms with E-state index in [0.717, 1.165) is 57.3 Å². The maximum absolute atomic E-state index is 13.8. The van der Waals surface area contributed by atoms with Crippen LogP contribution in [0.15, 0.2) is 18.2 Å². The Bertz CT molecular complexity index is 602. The number of nitrogens with two attached hydrogens (primary N) is 1. The number of hydrogen-bond acceptors (Lipinski definition) is 4. The summed E-state index contributed by atoms with van der Waals surface area (Å²) in [5, 5.41) is 3.18. The van der Waals surface area contributed by atoms with Crippen molar-refractivity contribution in [1.29, 1.82) is 0 Å². The molecule has 1 aliphatic heterocycles. The van der Waals surface area contributed by atoms with Crippen LogP contribution in [0.2, 0.25) is 0 Å². The van der Waals surface area contributed by atoms with Crippen LogP contribution in [0.4, 0.5) is 4.39 Å². The van der Waals surface area contributed by atoms with E-state index in [0.29, 0.717) is 0 Å². The summed E-state index contributed by atoms with van der Waals surface area (Å²) in [4.78, 5) is 14.6. The monoisotopic (exact) mass is 349 g/mol. The second kappa shape index (κ2) is 8.15. The lowest BCUT2D eigenvalue weighted by atomic mass is 10.00. The zero-order valence-corrected chi connectivity index (χ0v) is 14.8. The van der Waals surface area contributed by atoms with Gasteiger partial charge in [0.1, 0.15) is 0 Å². The summed E-state index contributed by atoms with van der Waals surface area (Å²) in [5.41, 5.74) is 6.96. The van der Waals surface area contributed by atoms with Gasteiger partial charge in [-0.1, -0.05) is 12.5 Å². The van der Waals surface area contributed by atoms with Crippen molar-refractivity contribution in [3.63, 3.8) is 0 Å². The number of halogens is 1. The number of carbonyl (C=O) groups is 1. The van der Waals surface area contributed by atoms with Gasteiger partial charge in [-0.2, -0.15) is 0 Å². The van der Waals surface area contributed by atoms with Crippen LogP contribution >= 0.6 is 0 Å². The molecule has 2 unspecified atom stereocenters. The molecule has 25 heavy (non-hydrogen) atoms. The summed E-state index contributed by atoms with van der Waals surface area (Å²) in [6, 6.07) is 5.35. The molecule has 1 aromatic carbocycles. The van der Waals surface area contributed by atoms with Crippen LogP contribution in [0.5, 0.6) is 5.75 Å². The largest absolute Gasteiger partial charge is 0.494 e. The molecule has 0 radical (unpaired) electrons. The quantitative estimate of drug-likeness (QED) is 0.854. The van der Waals surface area contributed by atoms with E-state index in [4.69, 9.17) is 10.5 Å². The van der Waals surface area contributed by atoms with Crippen molar-refractivity contribution >= 4 is 5.91 Å². The summed E-state index contributed by atoms with van der Waals surface area (Å²) in [6.45, 7) is 2.51. The lowest BCUT2D eigenvalue weighted by Gasteiger charge is -2.33. The van der Waals surface area contributed by atoms with Gasteiger partial charge >= 0.3 is 0 Å². The Morgan fingerprint density at radius 2 is 2.08 bits per heavy atom. The first-order chi connectivity index (χ1) is 12.1. The second-order valence-corrected chi connectivity index (χ2v) is 7.23. The fourth-order valence-electron chi connectivity index (χ4n) is 3.92. The Balaban J connectivity index is 1.45. The van der Waals surface area contributed by atoms with E-state index in [2.05, 4.69) is 10.2 Å². The standard InChI is InChI=1S/C19H28FN3O2/c1-25-18-6-5-13(11-16(18)20)12-23-9-7-14(8-10-23)22-19(24)15-3-2-4-17(15)21/h5-6,11,14-15,17H,2-4,7-10,12,21H2,1H3,(H,22,24). The van der Waals surface area contributed by atoms with Crippen molar-refractivity contribution in [2.45, 2.75) is 50.7 Å². The van der Waals surface area contributed by atoms with Gasteiger partial charge in [0.05, 0.1) is 13.0 Å². The Hall–Kier alpha value is -1.66. The highest BCUT2D eigenvalue weighted by atomic mass is 19.1. The second-order valence-electron chi connectivity index (χ2n) is 7.23. The smallest absolute Gasteiger partial charge is 0.224 e. The highest BCUT2D eigenvalue weighted by molar-refractivity contribution is 5.80. The molecule has 0 bridgehead atoms. The van der Waals surface area contributed by atoms with Crippen LogP contribution in [0.25, 0.3) is 0 Å². The maximum Gasteiger partial charge on any atom is 0.224 e. The van der Waals surface area contributed by atoms with Crippen LogP contribution in [-0.2, 0) is 11.3 Å². The van der Waals surface area contributed by atoms with E-state index >= 15 is 0 Å². The molecule has 2 atom stereocenters. The summed E-state index contributed by atoms with van der Waals surface area (Å²) >= 11 is 0. The molecule has 138 valence electrons. The number of methoxy groups -OCH3 is 1. The van der Waals surface area contributed by atoms with Gasteiger partial charge in [0.15, 0.2) is 11.6 Å². The molecule has 1 aromatic rings. The zero-order chi connectivity index (χ0) is 17.8. The van der Waals surface area contributed by atoms with Gasteiger partial charge in [-0.25, -0.2) is 4.39 Å². The predicted molar refractivity (Wildman–Crippen MR) is 94.7 cm³/mol. The Kier molecular flexibility index (Phi) is 5.91. The molecule has 3 N–H and O–H groups in total. The average molecular weight is 349 g/mol. The predicted octanol–water partition coefficient (Wildman–Crippen LogP) is 2.04. The molecule has 2 fully saturated rings. The van der Waals surface area contributed by atoms with E-state index in [9.17, 15) is 9.18 Å². The van der Waals surface area contributed by atoms with Crippen molar-refractivity contribution in [3.8, 4) is 5.75 Å². The van der Waals surface area contributed by atoms with E-state index in [-0.39, 0.29) is 35.5 Å². The molecule has 2 aliphatic rings. The third kappa shape index (κ3) is 4.50. The molecule has 1 amide bonds. The topological polar surface area (TPSA) is 67.6 Å². The van der Waals surface area contributed by atoms with Crippen molar-refractivity contribution in [2.24, 2.45) is 11.7 Å². The molecule has 1 saturated heterocycles. The minimum atomic E-state index is -0.324. The van der Waals surface area contributed by atoms with Gasteiger partial charge in [0, 0.05) is 31.7 Å². The van der Waals surface area contributed by atoms with E-state index in [1.165, 1.54) is 13.2 Å². The number of piperidine rings is 1. The first-order valence-corrected chi connectivity index (χ1v) is 9.17. The number of nitrogens with one attached hydrogen (secondary N) is 1. The molecule has 0 aromatic heterocycles. The fraction of sp³-hybridized carbons (Fsp3) is 0.632. The van der Waals surface area contributed by atoms with Gasteiger partial charge in [-0.05, 0) is 43.4 Å². The molecule has 6 heteroatoms. The molecule has 3 rings (SSSR count). The van der Waals surface area contributed by atoms with E-state index in [1.807, 2.05) is 6.07 Å². The van der Waals surface area contributed by atoms with Crippen molar-refractivity contribution < 1.29 is 13.9 Å². The molecule has 1 heterocycles. The summed E-state index contributed by atoms with van der Waals surface area (Å²) < 4.78 is 18.7. The number of amides is 1. The van der Waals surface area contributed by atoms with Crippen LogP contribution in [0.3, 0.4) is 0 Å². The number of likely N-dealkylation sites (tertiary alicyclic amines) is 1. The van der Waals surface area contributed by atoms with Crippen molar-refractivity contribution in [3.05, 3.63) is 29.6 Å². The number of nitrogens with zero attached hydrogens (tertiary/aromatic N) is 1. The number of rotatable bonds is 5. The normalized spacial score (nSPS) is 25.1. The highest BCUT2D eigenvalue weighted by Crippen LogP contribution is 2.25. The Morgan fingerprint density at radius 1 is 1.32 bits per heavy atom. The Morgan fingerprint density at radius 3 is 2.68 bits per heavy atom. The van der Waals surface area contributed by atoms with Gasteiger partial charge < -0.3 is 15.8 Å². The molecule has 1 saturated carbocycles. The number of benzene rings is 1. The third-order valence-electron chi connectivity index (χ3n) is 5.46. The maximum atomic E-state index is 13.8. The highest BCUT2D eigenvalue weighted by Gasteiger charge is 2.32. The zero-order valence-electron chi connectivity index (χ0n) is 14.8. The number of ether oxygens (including phenoxy) is 1. The van der Waals surface area contributed by atoms with Gasteiger partial charge in [0.25, 0.3) is 0 Å². The molecule has 1 aliphatic carbocycles. The van der Waals surface area contributed by atoms with E-state index in [1.54, 1.807) is 6.07 Å². The summed E-state index contributed by atoms with van der Waals surface area (Å²) in [5.74, 6) is 0.0614. The molecule has 0 spiro atoms. The lowest BCUT2D eigenvalue weighted by molar-refractivity contribution is -0.126. The van der Waals surface area contributed by atoms with Gasteiger partial charge in [0.2, 0.25) is 5.91 Å². The van der Waals surface area contributed by atoms with Gasteiger partial charge in [-0.15, -0.1) is 0 Å². The summed E-state index contributed by atoms with van der Waals surface area (Å²) in [7, 11) is 1.47. The third-order valence-corrected chi connectivity index (χ3v) is 5.46. The summed E-state index contributed by atoms with van der Waals surface area (Å²) in [6.07, 6.45) is 4.76. The minimum Gasteiger partial charge on any atom is -0.494 e. The van der Waals surface area contributed by atoms with Crippen molar-refractivity contribution in [1.82, 2.24) is 10.2 Å². The minimum absolute atomic E-state index is 0.0136. The van der Waals surface area contributed by atoms with Crippen molar-refractivity contribution in [2.75, 3.05) is 20.2 Å². The molecular weight excluding hydrogens is 321 g/mol. The first-order valence-electron chi connectivity index (χ1n) is 9.17. The average Bonchev–Trinajstić information content (AvgIpc) is 3.03. The lowest BCUT2D eigenvalue weighted by Crippen LogP contribution is -2.48.